The van der Waals surface area contributed by atoms with E-state index in [-0.39, 0.29) is 16.7 Å². The summed E-state index contributed by atoms with van der Waals surface area (Å²) < 4.78 is 6.11. The standard InChI is InChI=1S/C32H42N2O5/c35-31(36)26-15-11-14-25-29-24(13-4-10-21-34-18-7-2-8-19-34)28(32(37)38)23(22-27(29)39-30(25)26)12-3-9-20-33-16-5-1-6-17-33/h11,14-15,22H,1-10,12-13,16-21H2,(H,35,36)(H,37,38)/p-2. The van der Waals surface area contributed by atoms with Crippen LogP contribution in [0.3, 0.4) is 0 Å². The fraction of sp³-hybridized carbons (Fsp3) is 0.562. The van der Waals surface area contributed by atoms with E-state index in [1.54, 1.807) is 12.1 Å². The Bertz CT molecular complexity index is 1300. The van der Waals surface area contributed by atoms with E-state index < -0.39 is 11.9 Å². The van der Waals surface area contributed by atoms with E-state index in [0.717, 1.165) is 70.5 Å². The van der Waals surface area contributed by atoms with Crippen molar-refractivity contribution in [3.63, 3.8) is 0 Å². The van der Waals surface area contributed by atoms with Crippen LogP contribution in [-0.2, 0) is 12.8 Å². The third-order valence-corrected chi connectivity index (χ3v) is 8.62. The van der Waals surface area contributed by atoms with Gasteiger partial charge >= 0.3 is 0 Å². The Morgan fingerprint density at radius 2 is 1.38 bits per heavy atom. The second-order valence-electron chi connectivity index (χ2n) is 11.3. The Morgan fingerprint density at radius 1 is 0.769 bits per heavy atom. The lowest BCUT2D eigenvalue weighted by molar-refractivity contribution is -0.256. The number of benzene rings is 2. The molecule has 2 aromatic carbocycles. The Kier molecular flexibility index (Phi) is 9.20. The first kappa shape index (κ1) is 27.7. The molecule has 3 aromatic rings. The van der Waals surface area contributed by atoms with Crippen molar-refractivity contribution in [1.82, 2.24) is 9.80 Å². The van der Waals surface area contributed by atoms with Gasteiger partial charge in [-0.25, -0.2) is 0 Å². The maximum atomic E-state index is 12.6. The van der Waals surface area contributed by atoms with Crippen LogP contribution in [0.5, 0.6) is 0 Å². The highest BCUT2D eigenvalue weighted by atomic mass is 16.4. The van der Waals surface area contributed by atoms with Crippen molar-refractivity contribution in [3.05, 3.63) is 46.5 Å². The van der Waals surface area contributed by atoms with Crippen LogP contribution in [0.25, 0.3) is 21.9 Å². The van der Waals surface area contributed by atoms with Crippen LogP contribution in [0, 0.1) is 0 Å². The molecule has 0 N–H and O–H groups in total. The summed E-state index contributed by atoms with van der Waals surface area (Å²) in [5.74, 6) is -2.47. The number of carboxylic acids is 2. The first-order chi connectivity index (χ1) is 19.0. The van der Waals surface area contributed by atoms with Gasteiger partial charge in [-0.05, 0) is 127 Å². The second-order valence-corrected chi connectivity index (χ2v) is 11.3. The SMILES string of the molecule is O=C([O-])c1c(CCCCN2CCCCC2)cc2oc3c(C(=O)[O-])cccc3c2c1CCCCN1CCCCC1. The first-order valence-electron chi connectivity index (χ1n) is 14.9. The number of aryl methyl sites for hydroxylation is 2. The number of likely N-dealkylation sites (tertiary alicyclic amines) is 2. The predicted molar refractivity (Wildman–Crippen MR) is 149 cm³/mol. The quantitative estimate of drug-likeness (QED) is 0.326. The van der Waals surface area contributed by atoms with Crippen LogP contribution in [0.2, 0.25) is 0 Å². The fourth-order valence-electron chi connectivity index (χ4n) is 6.62. The van der Waals surface area contributed by atoms with Gasteiger partial charge in [0.2, 0.25) is 0 Å². The summed E-state index contributed by atoms with van der Waals surface area (Å²) in [7, 11) is 0. The number of hydrogen-bond donors (Lipinski definition) is 0. The van der Waals surface area contributed by atoms with E-state index in [1.165, 1.54) is 44.6 Å². The van der Waals surface area contributed by atoms with Gasteiger partial charge in [-0.2, -0.15) is 0 Å². The van der Waals surface area contributed by atoms with Gasteiger partial charge in [-0.3, -0.25) is 0 Å². The summed E-state index contributed by atoms with van der Waals surface area (Å²) in [6, 6.07) is 6.75. The Balaban J connectivity index is 1.43. The average molecular weight is 533 g/mol. The zero-order valence-electron chi connectivity index (χ0n) is 23.0. The molecular formula is C32H40N2O5-2. The third kappa shape index (κ3) is 6.47. The number of carboxylic acid groups (broad SMARTS) is 2. The zero-order chi connectivity index (χ0) is 27.2. The van der Waals surface area contributed by atoms with E-state index in [2.05, 4.69) is 9.80 Å². The average Bonchev–Trinajstić information content (AvgIpc) is 3.32. The van der Waals surface area contributed by atoms with Gasteiger partial charge < -0.3 is 34.0 Å². The summed E-state index contributed by atoms with van der Waals surface area (Å²) >= 11 is 0. The van der Waals surface area contributed by atoms with Crippen LogP contribution in [0.1, 0.15) is 96.1 Å². The van der Waals surface area contributed by atoms with Crippen LogP contribution in [-0.4, -0.2) is 61.0 Å². The van der Waals surface area contributed by atoms with E-state index in [0.29, 0.717) is 34.8 Å². The molecular weight excluding hydrogens is 492 g/mol. The van der Waals surface area contributed by atoms with Crippen molar-refractivity contribution in [1.29, 1.82) is 0 Å². The minimum absolute atomic E-state index is 0.0159. The molecule has 0 amide bonds. The van der Waals surface area contributed by atoms with Gasteiger partial charge in [-0.1, -0.05) is 25.0 Å². The normalized spacial score (nSPS) is 17.2. The highest BCUT2D eigenvalue weighted by Crippen LogP contribution is 2.37. The van der Waals surface area contributed by atoms with Gasteiger partial charge in [0.1, 0.15) is 11.2 Å². The molecule has 0 aliphatic carbocycles. The summed E-state index contributed by atoms with van der Waals surface area (Å²) in [4.78, 5) is 29.4. The van der Waals surface area contributed by atoms with Crippen LogP contribution >= 0.6 is 0 Å². The van der Waals surface area contributed by atoms with E-state index in [4.69, 9.17) is 4.42 Å². The summed E-state index contributed by atoms with van der Waals surface area (Å²) in [5, 5.41) is 25.7. The number of unbranched alkanes of at least 4 members (excludes halogenated alkanes) is 2. The summed E-state index contributed by atoms with van der Waals surface area (Å²) in [5.41, 5.74) is 2.47. The molecule has 0 bridgehead atoms. The second kappa shape index (κ2) is 13.0. The highest BCUT2D eigenvalue weighted by molar-refractivity contribution is 6.14. The van der Waals surface area contributed by atoms with Crippen molar-refractivity contribution in [2.24, 2.45) is 0 Å². The lowest BCUT2D eigenvalue weighted by Gasteiger charge is -2.26. The topological polar surface area (TPSA) is 99.9 Å². The Labute approximate surface area is 230 Å². The lowest BCUT2D eigenvalue weighted by atomic mass is 9.90. The number of piperidine rings is 2. The first-order valence-corrected chi connectivity index (χ1v) is 14.9. The van der Waals surface area contributed by atoms with Crippen molar-refractivity contribution in [3.8, 4) is 0 Å². The number of furan rings is 1. The maximum Gasteiger partial charge on any atom is 0.144 e. The molecule has 7 heteroatoms. The monoisotopic (exact) mass is 532 g/mol. The summed E-state index contributed by atoms with van der Waals surface area (Å²) in [6.07, 6.45) is 12.5. The van der Waals surface area contributed by atoms with Crippen molar-refractivity contribution in [2.75, 3.05) is 39.3 Å². The molecule has 2 aliphatic heterocycles. The number of rotatable bonds is 12. The largest absolute Gasteiger partial charge is 0.545 e. The molecule has 1 aromatic heterocycles. The highest BCUT2D eigenvalue weighted by Gasteiger charge is 2.21. The van der Waals surface area contributed by atoms with Crippen LogP contribution in [0.4, 0.5) is 0 Å². The molecule has 0 atom stereocenters. The van der Waals surface area contributed by atoms with Crippen molar-refractivity contribution in [2.45, 2.75) is 77.0 Å². The fourth-order valence-corrected chi connectivity index (χ4v) is 6.62. The van der Waals surface area contributed by atoms with E-state index in [9.17, 15) is 19.8 Å². The Hall–Kier alpha value is -2.90. The van der Waals surface area contributed by atoms with Crippen LogP contribution in [0.15, 0.2) is 28.7 Å². The van der Waals surface area contributed by atoms with E-state index >= 15 is 0 Å². The van der Waals surface area contributed by atoms with Gasteiger partial charge in [0.15, 0.2) is 0 Å². The number of aromatic carboxylic acids is 2. The number of carbonyl (C=O) groups excluding carboxylic acids is 2. The molecule has 2 fully saturated rings. The molecule has 5 rings (SSSR count). The predicted octanol–water partition coefficient (Wildman–Crippen LogP) is 3.93. The van der Waals surface area contributed by atoms with Gasteiger partial charge in [-0.15, -0.1) is 0 Å². The molecule has 210 valence electrons. The van der Waals surface area contributed by atoms with Gasteiger partial charge in [0.05, 0.1) is 11.9 Å². The third-order valence-electron chi connectivity index (χ3n) is 8.62. The molecule has 2 saturated heterocycles. The molecule has 3 heterocycles. The van der Waals surface area contributed by atoms with Gasteiger partial charge in [0, 0.05) is 21.9 Å². The molecule has 0 radical (unpaired) electrons. The van der Waals surface area contributed by atoms with Gasteiger partial charge in [0.25, 0.3) is 0 Å². The van der Waals surface area contributed by atoms with Crippen molar-refractivity contribution >= 4 is 33.9 Å². The van der Waals surface area contributed by atoms with Crippen LogP contribution < -0.4 is 10.2 Å². The number of nitrogens with zero attached hydrogens (tertiary/aromatic N) is 2. The number of para-hydroxylation sites is 1. The zero-order valence-corrected chi connectivity index (χ0v) is 23.0. The molecule has 0 unspecified atom stereocenters. The summed E-state index contributed by atoms with van der Waals surface area (Å²) in [6.45, 7) is 6.63. The smallest absolute Gasteiger partial charge is 0.144 e. The molecule has 2 aliphatic rings. The lowest BCUT2D eigenvalue weighted by Crippen LogP contribution is -2.30. The maximum absolute atomic E-state index is 12.6. The molecule has 7 nitrogen and oxygen atoms in total. The molecule has 0 spiro atoms. The molecule has 0 saturated carbocycles. The van der Waals surface area contributed by atoms with E-state index in [1.807, 2.05) is 6.07 Å². The number of carbonyl (C=O) groups is 2. The minimum Gasteiger partial charge on any atom is -0.545 e. The Morgan fingerprint density at radius 3 is 1.97 bits per heavy atom. The molecule has 39 heavy (non-hydrogen) atoms. The van der Waals surface area contributed by atoms with Crippen molar-refractivity contribution < 1.29 is 24.2 Å². The number of hydrogen-bond acceptors (Lipinski definition) is 7. The minimum atomic E-state index is -1.30. The number of fused-ring (bicyclic) bond motifs is 3.